The molecule has 1 heterocycles. The molecule has 0 spiro atoms. The van der Waals surface area contributed by atoms with E-state index in [1.807, 2.05) is 6.07 Å². The summed E-state index contributed by atoms with van der Waals surface area (Å²) >= 11 is 0. The topological polar surface area (TPSA) is 29.3 Å². The van der Waals surface area contributed by atoms with Gasteiger partial charge in [-0.1, -0.05) is 25.0 Å². The maximum Gasteiger partial charge on any atom is 0.123 e. The molecule has 1 unspecified atom stereocenters. The van der Waals surface area contributed by atoms with Crippen molar-refractivity contribution in [2.75, 3.05) is 26.2 Å². The van der Waals surface area contributed by atoms with Crippen LogP contribution in [0.15, 0.2) is 24.3 Å². The number of nitrogens with zero attached hydrogens (tertiary/aromatic N) is 1. The van der Waals surface area contributed by atoms with Crippen LogP contribution in [0.1, 0.15) is 37.2 Å². The van der Waals surface area contributed by atoms with Crippen molar-refractivity contribution in [1.29, 1.82) is 0 Å². The summed E-state index contributed by atoms with van der Waals surface area (Å²) in [6.07, 6.45) is 5.23. The van der Waals surface area contributed by atoms with Crippen LogP contribution in [-0.2, 0) is 0 Å². The van der Waals surface area contributed by atoms with Crippen LogP contribution >= 0.6 is 0 Å². The number of rotatable bonds is 4. The Balaban J connectivity index is 1.99. The second-order valence-corrected chi connectivity index (χ2v) is 5.20. The van der Waals surface area contributed by atoms with Gasteiger partial charge in [0.2, 0.25) is 0 Å². The highest BCUT2D eigenvalue weighted by molar-refractivity contribution is 5.21. The van der Waals surface area contributed by atoms with Crippen molar-refractivity contribution in [3.63, 3.8) is 0 Å². The van der Waals surface area contributed by atoms with Crippen LogP contribution in [0.5, 0.6) is 0 Å². The lowest BCUT2D eigenvalue weighted by molar-refractivity contribution is 0.267. The molecule has 1 aliphatic rings. The highest BCUT2D eigenvalue weighted by atomic mass is 19.1. The van der Waals surface area contributed by atoms with Gasteiger partial charge in [-0.05, 0) is 43.6 Å². The van der Waals surface area contributed by atoms with Crippen LogP contribution in [0.2, 0.25) is 0 Å². The third kappa shape index (κ3) is 3.79. The van der Waals surface area contributed by atoms with Crippen LogP contribution in [0.25, 0.3) is 0 Å². The van der Waals surface area contributed by atoms with Gasteiger partial charge in [0.1, 0.15) is 5.82 Å². The zero-order valence-electron chi connectivity index (χ0n) is 10.9. The third-order valence-electron chi connectivity index (χ3n) is 3.78. The van der Waals surface area contributed by atoms with E-state index in [1.54, 1.807) is 12.1 Å². The standard InChI is InChI=1S/C15H23FN2/c16-15-7-5-6-13(10-15)14(11-17)12-18-8-3-1-2-4-9-18/h5-7,10,14H,1-4,8-9,11-12,17H2. The van der Waals surface area contributed by atoms with E-state index >= 15 is 0 Å². The number of nitrogens with two attached hydrogens (primary N) is 1. The SMILES string of the molecule is NCC(CN1CCCCCC1)c1cccc(F)c1. The molecule has 0 amide bonds. The van der Waals surface area contributed by atoms with Crippen LogP contribution in [-0.4, -0.2) is 31.1 Å². The zero-order chi connectivity index (χ0) is 12.8. The summed E-state index contributed by atoms with van der Waals surface area (Å²) in [5.74, 6) is 0.0839. The number of hydrogen-bond donors (Lipinski definition) is 1. The number of likely N-dealkylation sites (tertiary alicyclic amines) is 1. The fourth-order valence-electron chi connectivity index (χ4n) is 2.71. The second kappa shape index (κ2) is 6.86. The Bertz CT molecular complexity index is 359. The van der Waals surface area contributed by atoms with Gasteiger partial charge in [0.15, 0.2) is 0 Å². The molecule has 2 rings (SSSR count). The smallest absolute Gasteiger partial charge is 0.123 e. The van der Waals surface area contributed by atoms with Crippen molar-refractivity contribution >= 4 is 0 Å². The minimum Gasteiger partial charge on any atom is -0.330 e. The van der Waals surface area contributed by atoms with Gasteiger partial charge in [-0.15, -0.1) is 0 Å². The molecule has 2 nitrogen and oxygen atoms in total. The van der Waals surface area contributed by atoms with Gasteiger partial charge < -0.3 is 10.6 Å². The Morgan fingerprint density at radius 3 is 2.50 bits per heavy atom. The van der Waals surface area contributed by atoms with Crippen molar-refractivity contribution in [2.45, 2.75) is 31.6 Å². The van der Waals surface area contributed by atoms with Gasteiger partial charge in [0.05, 0.1) is 0 Å². The van der Waals surface area contributed by atoms with Gasteiger partial charge >= 0.3 is 0 Å². The molecule has 0 bridgehead atoms. The second-order valence-electron chi connectivity index (χ2n) is 5.20. The van der Waals surface area contributed by atoms with Gasteiger partial charge in [-0.2, -0.15) is 0 Å². The molecule has 3 heteroatoms. The van der Waals surface area contributed by atoms with Crippen molar-refractivity contribution in [3.05, 3.63) is 35.6 Å². The molecule has 0 aliphatic carbocycles. The molecule has 1 aromatic carbocycles. The molecule has 1 atom stereocenters. The molecule has 0 saturated carbocycles. The lowest BCUT2D eigenvalue weighted by Crippen LogP contribution is -2.32. The van der Waals surface area contributed by atoms with E-state index in [9.17, 15) is 4.39 Å². The normalized spacial score (nSPS) is 19.4. The molecule has 2 N–H and O–H groups in total. The predicted octanol–water partition coefficient (Wildman–Crippen LogP) is 2.74. The first-order chi connectivity index (χ1) is 8.79. The van der Waals surface area contributed by atoms with E-state index in [-0.39, 0.29) is 11.7 Å². The molecular formula is C15H23FN2. The largest absolute Gasteiger partial charge is 0.330 e. The average Bonchev–Trinajstić information content (AvgIpc) is 2.64. The van der Waals surface area contributed by atoms with Gasteiger partial charge in [-0.25, -0.2) is 4.39 Å². The van der Waals surface area contributed by atoms with E-state index in [0.717, 1.165) is 25.2 Å². The predicted molar refractivity (Wildman–Crippen MR) is 73.1 cm³/mol. The summed E-state index contributed by atoms with van der Waals surface area (Å²) in [7, 11) is 0. The Morgan fingerprint density at radius 2 is 1.89 bits per heavy atom. The molecule has 1 fully saturated rings. The van der Waals surface area contributed by atoms with E-state index in [2.05, 4.69) is 4.90 Å². The van der Waals surface area contributed by atoms with Gasteiger partial charge in [0, 0.05) is 19.0 Å². The Kier molecular flexibility index (Phi) is 5.14. The first-order valence-electron chi connectivity index (χ1n) is 6.97. The lowest BCUT2D eigenvalue weighted by atomic mass is 9.98. The number of halogens is 1. The van der Waals surface area contributed by atoms with Crippen molar-refractivity contribution in [2.24, 2.45) is 5.73 Å². The van der Waals surface area contributed by atoms with Crippen molar-refractivity contribution in [3.8, 4) is 0 Å². The molecule has 18 heavy (non-hydrogen) atoms. The molecule has 1 saturated heterocycles. The summed E-state index contributed by atoms with van der Waals surface area (Å²) in [6.45, 7) is 3.86. The highest BCUT2D eigenvalue weighted by Gasteiger charge is 2.16. The minimum absolute atomic E-state index is 0.165. The van der Waals surface area contributed by atoms with E-state index in [4.69, 9.17) is 5.73 Å². The maximum atomic E-state index is 13.3. The summed E-state index contributed by atoms with van der Waals surface area (Å²) in [5, 5.41) is 0. The molecule has 1 aliphatic heterocycles. The van der Waals surface area contributed by atoms with Crippen LogP contribution in [0.4, 0.5) is 4.39 Å². The zero-order valence-corrected chi connectivity index (χ0v) is 10.9. The lowest BCUT2D eigenvalue weighted by Gasteiger charge is -2.25. The third-order valence-corrected chi connectivity index (χ3v) is 3.78. The first kappa shape index (κ1) is 13.5. The summed E-state index contributed by atoms with van der Waals surface area (Å²) < 4.78 is 13.3. The average molecular weight is 250 g/mol. The molecule has 0 aromatic heterocycles. The Hall–Kier alpha value is -0.930. The fraction of sp³-hybridized carbons (Fsp3) is 0.600. The Labute approximate surface area is 109 Å². The van der Waals surface area contributed by atoms with Gasteiger partial charge in [0.25, 0.3) is 0 Å². The summed E-state index contributed by atoms with van der Waals surface area (Å²) in [5.41, 5.74) is 6.89. The van der Waals surface area contributed by atoms with Crippen LogP contribution < -0.4 is 5.73 Å². The minimum atomic E-state index is -0.165. The Morgan fingerprint density at radius 1 is 1.17 bits per heavy atom. The number of hydrogen-bond acceptors (Lipinski definition) is 2. The van der Waals surface area contributed by atoms with Crippen LogP contribution in [0, 0.1) is 5.82 Å². The quantitative estimate of drug-likeness (QED) is 0.890. The maximum absolute atomic E-state index is 13.3. The molecule has 1 aromatic rings. The van der Waals surface area contributed by atoms with Gasteiger partial charge in [-0.3, -0.25) is 0 Å². The van der Waals surface area contributed by atoms with Crippen LogP contribution in [0.3, 0.4) is 0 Å². The summed E-state index contributed by atoms with van der Waals surface area (Å²) in [6, 6.07) is 6.87. The molecule has 100 valence electrons. The fourth-order valence-corrected chi connectivity index (χ4v) is 2.71. The van der Waals surface area contributed by atoms with E-state index in [0.29, 0.717) is 6.54 Å². The monoisotopic (exact) mass is 250 g/mol. The molecular weight excluding hydrogens is 227 g/mol. The highest BCUT2D eigenvalue weighted by Crippen LogP contribution is 2.19. The first-order valence-corrected chi connectivity index (χ1v) is 6.97. The number of benzene rings is 1. The van der Waals surface area contributed by atoms with Crippen molar-refractivity contribution < 1.29 is 4.39 Å². The van der Waals surface area contributed by atoms with E-state index in [1.165, 1.54) is 31.7 Å². The van der Waals surface area contributed by atoms with Crippen molar-refractivity contribution in [1.82, 2.24) is 4.90 Å². The summed E-state index contributed by atoms with van der Waals surface area (Å²) in [4.78, 5) is 2.48. The van der Waals surface area contributed by atoms with E-state index < -0.39 is 0 Å². The molecule has 0 radical (unpaired) electrons.